The predicted octanol–water partition coefficient (Wildman–Crippen LogP) is 1.14. The van der Waals surface area contributed by atoms with Gasteiger partial charge in [0.05, 0.1) is 24.8 Å². The lowest BCUT2D eigenvalue weighted by Crippen LogP contribution is -2.46. The van der Waals surface area contributed by atoms with Crippen molar-refractivity contribution in [3.63, 3.8) is 0 Å². The first-order valence-corrected chi connectivity index (χ1v) is 10.0. The molecule has 8 heteroatoms. The molecule has 0 radical (unpaired) electrons. The van der Waals surface area contributed by atoms with E-state index in [9.17, 15) is 14.4 Å². The summed E-state index contributed by atoms with van der Waals surface area (Å²) >= 11 is 0. The van der Waals surface area contributed by atoms with Gasteiger partial charge in [-0.05, 0) is 18.9 Å². The second-order valence-corrected chi connectivity index (χ2v) is 7.15. The van der Waals surface area contributed by atoms with Gasteiger partial charge in [-0.1, -0.05) is 24.6 Å². The van der Waals surface area contributed by atoms with Crippen LogP contribution in [0.2, 0.25) is 0 Å². The number of imide groups is 1. The van der Waals surface area contributed by atoms with Gasteiger partial charge >= 0.3 is 6.03 Å². The Hall–Kier alpha value is -2.32. The first kappa shape index (κ1) is 20.4. The third-order valence-electron chi connectivity index (χ3n) is 5.13. The summed E-state index contributed by atoms with van der Waals surface area (Å²) in [5.41, 5.74) is 0.516. The molecule has 0 aromatic heterocycles. The molecule has 8 nitrogen and oxygen atoms in total. The van der Waals surface area contributed by atoms with E-state index in [0.29, 0.717) is 31.6 Å². The molecule has 152 valence electrons. The first-order valence-electron chi connectivity index (χ1n) is 10.0. The molecule has 0 spiro atoms. The van der Waals surface area contributed by atoms with Crippen LogP contribution in [0.3, 0.4) is 0 Å². The lowest BCUT2D eigenvalue weighted by molar-refractivity contribution is -0.129. The Morgan fingerprint density at radius 3 is 2.79 bits per heavy atom. The van der Waals surface area contributed by atoms with Crippen LogP contribution in [0.15, 0.2) is 29.3 Å². The number of fused-ring (bicyclic) bond motifs is 1. The molecule has 28 heavy (non-hydrogen) atoms. The molecule has 1 saturated heterocycles. The zero-order valence-electron chi connectivity index (χ0n) is 16.1. The summed E-state index contributed by atoms with van der Waals surface area (Å²) in [5.74, 6) is -0.608. The Labute approximate surface area is 165 Å². The molecule has 1 fully saturated rings. The van der Waals surface area contributed by atoms with E-state index in [1.54, 1.807) is 24.3 Å². The van der Waals surface area contributed by atoms with Gasteiger partial charge < -0.3 is 10.1 Å². The molecule has 0 saturated carbocycles. The Bertz CT molecular complexity index is 680. The topological polar surface area (TPSA) is 91.3 Å². The number of morpholine rings is 1. The molecule has 3 rings (SSSR count). The molecule has 1 unspecified atom stereocenters. The highest BCUT2D eigenvalue weighted by molar-refractivity contribution is 6.21. The van der Waals surface area contributed by atoms with Gasteiger partial charge in [0.2, 0.25) is 11.8 Å². The smallest absolute Gasteiger partial charge is 0.350 e. The average molecular weight is 388 g/mol. The van der Waals surface area contributed by atoms with E-state index < -0.39 is 11.9 Å². The molecule has 2 heterocycles. The van der Waals surface area contributed by atoms with E-state index in [2.05, 4.69) is 15.2 Å². The monoisotopic (exact) mass is 388 g/mol. The quantitative estimate of drug-likeness (QED) is 0.598. The Morgan fingerprint density at radius 1 is 1.14 bits per heavy atom. The summed E-state index contributed by atoms with van der Waals surface area (Å²) in [7, 11) is 0. The average Bonchev–Trinajstić information content (AvgIpc) is 2.71. The van der Waals surface area contributed by atoms with Gasteiger partial charge in [-0.3, -0.25) is 19.4 Å². The van der Waals surface area contributed by atoms with E-state index in [0.717, 1.165) is 45.7 Å². The maximum absolute atomic E-state index is 12.5. The molecule has 1 aliphatic carbocycles. The fraction of sp³-hybridized carbons (Fsp3) is 0.600. The fourth-order valence-electron chi connectivity index (χ4n) is 3.48. The van der Waals surface area contributed by atoms with E-state index in [4.69, 9.17) is 4.74 Å². The summed E-state index contributed by atoms with van der Waals surface area (Å²) in [6.45, 7) is 5.21. The van der Waals surface area contributed by atoms with Crippen molar-refractivity contribution in [2.75, 3.05) is 45.9 Å². The Morgan fingerprint density at radius 2 is 1.96 bits per heavy atom. The van der Waals surface area contributed by atoms with Crippen LogP contribution in [-0.4, -0.2) is 79.3 Å². The van der Waals surface area contributed by atoms with Gasteiger partial charge in [-0.2, -0.15) is 4.99 Å². The maximum Gasteiger partial charge on any atom is 0.350 e. The van der Waals surface area contributed by atoms with Crippen molar-refractivity contribution >= 4 is 23.6 Å². The van der Waals surface area contributed by atoms with Gasteiger partial charge in [-0.15, -0.1) is 0 Å². The van der Waals surface area contributed by atoms with Crippen molar-refractivity contribution in [1.82, 2.24) is 15.1 Å². The van der Waals surface area contributed by atoms with Crippen LogP contribution < -0.4 is 5.32 Å². The van der Waals surface area contributed by atoms with Gasteiger partial charge in [0.1, 0.15) is 0 Å². The second-order valence-electron chi connectivity index (χ2n) is 7.15. The van der Waals surface area contributed by atoms with Crippen LogP contribution in [0, 0.1) is 5.92 Å². The van der Waals surface area contributed by atoms with Crippen LogP contribution in [-0.2, 0) is 14.3 Å². The number of carbonyl (C=O) groups is 3. The summed E-state index contributed by atoms with van der Waals surface area (Å²) in [5, 5.41) is 2.94. The summed E-state index contributed by atoms with van der Waals surface area (Å²) in [6.07, 6.45) is 9.70. The normalized spacial score (nSPS) is 22.2. The third-order valence-corrected chi connectivity index (χ3v) is 5.13. The van der Waals surface area contributed by atoms with Crippen molar-refractivity contribution in [2.45, 2.75) is 25.7 Å². The van der Waals surface area contributed by atoms with Crippen LogP contribution in [0.25, 0.3) is 0 Å². The SMILES string of the molecule is O=C(CCCCCN1C(=O)N=C2C=CC=CC2C1=O)NCCN1CCOCC1. The number of aliphatic imine (C=N–C) groups is 1. The highest BCUT2D eigenvalue weighted by atomic mass is 16.5. The van der Waals surface area contributed by atoms with Crippen LogP contribution in [0.1, 0.15) is 25.7 Å². The number of rotatable bonds is 9. The minimum atomic E-state index is -0.489. The van der Waals surface area contributed by atoms with Gasteiger partial charge in [-0.25, -0.2) is 4.79 Å². The van der Waals surface area contributed by atoms with Crippen molar-refractivity contribution in [3.8, 4) is 0 Å². The molecule has 0 aromatic rings. The van der Waals surface area contributed by atoms with Crippen LogP contribution >= 0.6 is 0 Å². The molecule has 1 atom stereocenters. The number of nitrogens with zero attached hydrogens (tertiary/aromatic N) is 3. The molecule has 2 aliphatic heterocycles. The van der Waals surface area contributed by atoms with E-state index in [-0.39, 0.29) is 11.8 Å². The van der Waals surface area contributed by atoms with Gasteiger partial charge in [0.15, 0.2) is 0 Å². The van der Waals surface area contributed by atoms with Gasteiger partial charge in [0, 0.05) is 39.1 Å². The minimum absolute atomic E-state index is 0.0479. The van der Waals surface area contributed by atoms with Gasteiger partial charge in [0.25, 0.3) is 0 Å². The predicted molar refractivity (Wildman–Crippen MR) is 105 cm³/mol. The van der Waals surface area contributed by atoms with Crippen LogP contribution in [0.4, 0.5) is 4.79 Å². The summed E-state index contributed by atoms with van der Waals surface area (Å²) < 4.78 is 5.30. The third kappa shape index (κ3) is 5.59. The molecule has 1 N–H and O–H groups in total. The Balaban J connectivity index is 1.28. The first-order chi connectivity index (χ1) is 13.6. The molecular weight excluding hydrogens is 360 g/mol. The number of ether oxygens (including phenoxy) is 1. The molecule has 4 amide bonds. The van der Waals surface area contributed by atoms with Crippen molar-refractivity contribution in [2.24, 2.45) is 10.9 Å². The number of unbranched alkanes of at least 4 members (excludes halogenated alkanes) is 2. The lowest BCUT2D eigenvalue weighted by atomic mass is 9.95. The number of allylic oxidation sites excluding steroid dienone is 3. The van der Waals surface area contributed by atoms with Crippen LogP contribution in [0.5, 0.6) is 0 Å². The van der Waals surface area contributed by atoms with E-state index >= 15 is 0 Å². The summed E-state index contributed by atoms with van der Waals surface area (Å²) in [6, 6.07) is -0.489. The number of hydrogen-bond acceptors (Lipinski definition) is 5. The minimum Gasteiger partial charge on any atom is -0.379 e. The van der Waals surface area contributed by atoms with E-state index in [1.165, 1.54) is 4.90 Å². The molecule has 0 bridgehead atoms. The number of carbonyl (C=O) groups excluding carboxylic acids is 3. The Kier molecular flexibility index (Phi) is 7.50. The number of hydrogen-bond donors (Lipinski definition) is 1. The number of nitrogens with one attached hydrogen (secondary N) is 1. The molecular formula is C20H28N4O4. The second kappa shape index (κ2) is 10.3. The van der Waals surface area contributed by atoms with Crippen molar-refractivity contribution in [3.05, 3.63) is 24.3 Å². The number of amides is 4. The highest BCUT2D eigenvalue weighted by Crippen LogP contribution is 2.20. The van der Waals surface area contributed by atoms with Crippen molar-refractivity contribution in [1.29, 1.82) is 0 Å². The number of urea groups is 1. The largest absolute Gasteiger partial charge is 0.379 e. The maximum atomic E-state index is 12.5. The molecule has 0 aromatic carbocycles. The van der Waals surface area contributed by atoms with E-state index in [1.807, 2.05) is 0 Å². The highest BCUT2D eigenvalue weighted by Gasteiger charge is 2.35. The molecule has 3 aliphatic rings. The lowest BCUT2D eigenvalue weighted by Gasteiger charge is -2.28. The standard InChI is InChI=1S/C20H28N4O4/c25-18(21-9-11-23-12-14-28-15-13-23)8-2-1-5-10-24-19(26)16-6-3-4-7-17(16)22-20(24)27/h3-4,6-7,16H,1-2,5,8-15H2,(H,21,25). The zero-order valence-corrected chi connectivity index (χ0v) is 16.1. The van der Waals surface area contributed by atoms with Crippen molar-refractivity contribution < 1.29 is 19.1 Å². The zero-order chi connectivity index (χ0) is 19.8. The fourth-order valence-corrected chi connectivity index (χ4v) is 3.48. The summed E-state index contributed by atoms with van der Waals surface area (Å²) in [4.78, 5) is 43.9.